The highest BCUT2D eigenvalue weighted by atomic mass is 15.1. The first-order valence-corrected chi connectivity index (χ1v) is 5.89. The second-order valence-electron chi connectivity index (χ2n) is 4.41. The molecule has 0 bridgehead atoms. The van der Waals surface area contributed by atoms with Crippen molar-refractivity contribution in [3.8, 4) is 11.4 Å². The largest absolute Gasteiger partial charge is 0.328 e. The second-order valence-corrected chi connectivity index (χ2v) is 4.41. The summed E-state index contributed by atoms with van der Waals surface area (Å²) in [6, 6.07) is 6.06. The number of aryl methyl sites for hydroxylation is 1. The average molecular weight is 230 g/mol. The smallest absolute Gasteiger partial charge is 0.114 e. The normalized spacial score (nSPS) is 12.6. The fraction of sp³-hybridized carbons (Fsp3) is 0.385. The van der Waals surface area contributed by atoms with E-state index in [0.29, 0.717) is 0 Å². The van der Waals surface area contributed by atoms with Crippen LogP contribution in [0.25, 0.3) is 11.4 Å². The van der Waals surface area contributed by atoms with E-state index in [1.165, 1.54) is 5.56 Å². The van der Waals surface area contributed by atoms with Crippen LogP contribution in [0.4, 0.5) is 0 Å². The van der Waals surface area contributed by atoms with Crippen LogP contribution in [0.15, 0.2) is 24.4 Å². The first-order chi connectivity index (χ1) is 8.18. The van der Waals surface area contributed by atoms with E-state index in [2.05, 4.69) is 22.1 Å². The molecule has 0 aliphatic rings. The van der Waals surface area contributed by atoms with Gasteiger partial charge in [-0.15, -0.1) is 0 Å². The van der Waals surface area contributed by atoms with Gasteiger partial charge in [0.2, 0.25) is 0 Å². The number of aromatic amines is 1. The number of pyridine rings is 1. The van der Waals surface area contributed by atoms with E-state index in [0.717, 1.165) is 29.9 Å². The number of hydrogen-bond donors (Lipinski definition) is 2. The molecule has 2 rings (SSSR count). The quantitative estimate of drug-likeness (QED) is 0.844. The summed E-state index contributed by atoms with van der Waals surface area (Å²) in [4.78, 5) is 4.31. The third-order valence-corrected chi connectivity index (χ3v) is 2.87. The fourth-order valence-electron chi connectivity index (χ4n) is 1.80. The maximum Gasteiger partial charge on any atom is 0.114 e. The van der Waals surface area contributed by atoms with Gasteiger partial charge in [-0.2, -0.15) is 5.10 Å². The number of H-pyrrole nitrogens is 1. The highest BCUT2D eigenvalue weighted by Crippen LogP contribution is 2.21. The van der Waals surface area contributed by atoms with Crippen LogP contribution in [-0.2, 0) is 6.42 Å². The van der Waals surface area contributed by atoms with Crippen LogP contribution in [0.5, 0.6) is 0 Å². The lowest BCUT2D eigenvalue weighted by Crippen LogP contribution is -2.15. The van der Waals surface area contributed by atoms with Gasteiger partial charge >= 0.3 is 0 Å². The van der Waals surface area contributed by atoms with Gasteiger partial charge < -0.3 is 5.73 Å². The van der Waals surface area contributed by atoms with E-state index in [-0.39, 0.29) is 6.04 Å². The van der Waals surface area contributed by atoms with Crippen LogP contribution in [0, 0.1) is 6.92 Å². The fourth-order valence-corrected chi connectivity index (χ4v) is 1.80. The molecular formula is C13H18N4. The molecule has 0 aliphatic heterocycles. The average Bonchev–Trinajstić information content (AvgIpc) is 2.69. The molecule has 3 N–H and O–H groups in total. The maximum atomic E-state index is 5.76. The molecular weight excluding hydrogens is 212 g/mol. The number of rotatable bonds is 4. The zero-order valence-corrected chi connectivity index (χ0v) is 10.3. The zero-order chi connectivity index (χ0) is 12.3. The molecule has 0 aliphatic carbocycles. The van der Waals surface area contributed by atoms with Gasteiger partial charge in [0, 0.05) is 17.9 Å². The molecule has 0 saturated heterocycles. The Morgan fingerprint density at radius 2 is 2.24 bits per heavy atom. The van der Waals surface area contributed by atoms with Gasteiger partial charge in [0.05, 0.1) is 5.69 Å². The maximum absolute atomic E-state index is 5.76. The second kappa shape index (κ2) is 5.10. The van der Waals surface area contributed by atoms with Crippen molar-refractivity contribution in [2.75, 3.05) is 0 Å². The number of hydrogen-bond acceptors (Lipinski definition) is 3. The number of nitrogens with two attached hydrogens (primary N) is 1. The van der Waals surface area contributed by atoms with E-state index in [1.807, 2.05) is 25.1 Å². The Bertz CT molecular complexity index is 473. The SMILES string of the molecule is Cc1c(-c2ccccn2)n[nH]c1CCC(C)N. The van der Waals surface area contributed by atoms with Crippen molar-refractivity contribution < 1.29 is 0 Å². The molecule has 0 fully saturated rings. The van der Waals surface area contributed by atoms with Crippen LogP contribution in [0.1, 0.15) is 24.6 Å². The van der Waals surface area contributed by atoms with E-state index in [4.69, 9.17) is 5.73 Å². The predicted molar refractivity (Wildman–Crippen MR) is 68.5 cm³/mol. The van der Waals surface area contributed by atoms with E-state index >= 15 is 0 Å². The Hall–Kier alpha value is -1.68. The van der Waals surface area contributed by atoms with Gasteiger partial charge in [-0.05, 0) is 44.4 Å². The van der Waals surface area contributed by atoms with Crippen molar-refractivity contribution in [3.05, 3.63) is 35.7 Å². The van der Waals surface area contributed by atoms with Crippen LogP contribution >= 0.6 is 0 Å². The lowest BCUT2D eigenvalue weighted by atomic mass is 10.1. The number of aromatic nitrogens is 3. The summed E-state index contributed by atoms with van der Waals surface area (Å²) >= 11 is 0. The minimum atomic E-state index is 0.219. The summed E-state index contributed by atoms with van der Waals surface area (Å²) in [5.74, 6) is 0. The Morgan fingerprint density at radius 3 is 2.88 bits per heavy atom. The van der Waals surface area contributed by atoms with Crippen molar-refractivity contribution >= 4 is 0 Å². The summed E-state index contributed by atoms with van der Waals surface area (Å²) in [5.41, 5.74) is 9.93. The van der Waals surface area contributed by atoms with Gasteiger partial charge in [-0.1, -0.05) is 6.07 Å². The highest BCUT2D eigenvalue weighted by molar-refractivity contribution is 5.59. The molecule has 1 atom stereocenters. The van der Waals surface area contributed by atoms with Gasteiger partial charge in [0.1, 0.15) is 5.69 Å². The molecule has 1 unspecified atom stereocenters. The highest BCUT2D eigenvalue weighted by Gasteiger charge is 2.11. The Morgan fingerprint density at radius 1 is 1.41 bits per heavy atom. The standard InChI is InChI=1S/C13H18N4/c1-9(14)6-7-11-10(2)13(17-16-11)12-5-3-4-8-15-12/h3-5,8-9H,6-7,14H2,1-2H3,(H,16,17). The summed E-state index contributed by atoms with van der Waals surface area (Å²) < 4.78 is 0. The van der Waals surface area contributed by atoms with Crippen LogP contribution < -0.4 is 5.73 Å². The lowest BCUT2D eigenvalue weighted by molar-refractivity contribution is 0.655. The molecule has 2 aromatic heterocycles. The minimum Gasteiger partial charge on any atom is -0.328 e. The summed E-state index contributed by atoms with van der Waals surface area (Å²) in [6.07, 6.45) is 3.68. The molecule has 4 heteroatoms. The van der Waals surface area contributed by atoms with E-state index in [9.17, 15) is 0 Å². The molecule has 17 heavy (non-hydrogen) atoms. The topological polar surface area (TPSA) is 67.6 Å². The molecule has 90 valence electrons. The minimum absolute atomic E-state index is 0.219. The predicted octanol–water partition coefficient (Wildman–Crippen LogP) is 2.06. The summed E-state index contributed by atoms with van der Waals surface area (Å²) in [5, 5.41) is 7.42. The summed E-state index contributed by atoms with van der Waals surface area (Å²) in [6.45, 7) is 4.09. The first kappa shape index (κ1) is 11.8. The van der Waals surface area contributed by atoms with Crippen molar-refractivity contribution in [3.63, 3.8) is 0 Å². The number of nitrogens with zero attached hydrogens (tertiary/aromatic N) is 2. The number of nitrogens with one attached hydrogen (secondary N) is 1. The zero-order valence-electron chi connectivity index (χ0n) is 10.3. The monoisotopic (exact) mass is 230 g/mol. The molecule has 0 radical (unpaired) electrons. The molecule has 2 heterocycles. The van der Waals surface area contributed by atoms with Crippen LogP contribution in [0.3, 0.4) is 0 Å². The molecule has 2 aromatic rings. The lowest BCUT2D eigenvalue weighted by Gasteiger charge is -2.03. The van der Waals surface area contributed by atoms with Crippen molar-refractivity contribution in [1.29, 1.82) is 0 Å². The molecule has 0 spiro atoms. The van der Waals surface area contributed by atoms with Gasteiger partial charge in [0.25, 0.3) is 0 Å². The van der Waals surface area contributed by atoms with E-state index < -0.39 is 0 Å². The Labute approximate surface area is 101 Å². The Kier molecular flexibility index (Phi) is 3.54. The van der Waals surface area contributed by atoms with Crippen molar-refractivity contribution in [2.24, 2.45) is 5.73 Å². The molecule has 0 amide bonds. The Balaban J connectivity index is 2.21. The van der Waals surface area contributed by atoms with Crippen molar-refractivity contribution in [2.45, 2.75) is 32.7 Å². The van der Waals surface area contributed by atoms with E-state index in [1.54, 1.807) is 6.20 Å². The molecule has 0 aromatic carbocycles. The summed E-state index contributed by atoms with van der Waals surface area (Å²) in [7, 11) is 0. The van der Waals surface area contributed by atoms with Gasteiger partial charge in [0.15, 0.2) is 0 Å². The third kappa shape index (κ3) is 2.71. The van der Waals surface area contributed by atoms with Gasteiger partial charge in [-0.25, -0.2) is 0 Å². The molecule has 0 saturated carbocycles. The van der Waals surface area contributed by atoms with Crippen LogP contribution in [-0.4, -0.2) is 21.2 Å². The van der Waals surface area contributed by atoms with Crippen molar-refractivity contribution in [1.82, 2.24) is 15.2 Å². The molecule has 4 nitrogen and oxygen atoms in total. The van der Waals surface area contributed by atoms with Gasteiger partial charge in [-0.3, -0.25) is 10.1 Å². The third-order valence-electron chi connectivity index (χ3n) is 2.87. The van der Waals surface area contributed by atoms with Crippen LogP contribution in [0.2, 0.25) is 0 Å². The first-order valence-electron chi connectivity index (χ1n) is 5.89.